The Hall–Kier alpha value is -3.62. The van der Waals surface area contributed by atoms with Crippen LogP contribution < -0.4 is 14.2 Å². The number of hydrogen-bond donors (Lipinski definition) is 1. The molecule has 134 valence electrons. The molecular formula is C17H16N4O5. The van der Waals surface area contributed by atoms with E-state index < -0.39 is 4.92 Å². The number of nitro benzene ring substituents is 1. The molecule has 0 aliphatic rings. The van der Waals surface area contributed by atoms with Gasteiger partial charge in [0.15, 0.2) is 11.5 Å². The molecule has 0 aliphatic carbocycles. The SMILES string of the molecule is COc1cc(-c2n[nH]nc2-c2ccc([N+](=O)[O-])cc2)cc(OC)c1OC. The highest BCUT2D eigenvalue weighted by Crippen LogP contribution is 2.42. The number of nitrogens with one attached hydrogen (secondary N) is 1. The first kappa shape index (κ1) is 17.2. The van der Waals surface area contributed by atoms with E-state index in [-0.39, 0.29) is 5.69 Å². The van der Waals surface area contributed by atoms with E-state index in [9.17, 15) is 10.1 Å². The summed E-state index contributed by atoms with van der Waals surface area (Å²) in [6, 6.07) is 9.60. The number of rotatable bonds is 6. The van der Waals surface area contributed by atoms with Crippen molar-refractivity contribution >= 4 is 5.69 Å². The lowest BCUT2D eigenvalue weighted by atomic mass is 10.0. The van der Waals surface area contributed by atoms with Crippen LogP contribution in [-0.2, 0) is 0 Å². The Kier molecular flexibility index (Phi) is 4.70. The molecule has 0 atom stereocenters. The third-order valence-corrected chi connectivity index (χ3v) is 3.84. The summed E-state index contributed by atoms with van der Waals surface area (Å²) in [5.74, 6) is 1.44. The molecule has 1 aromatic heterocycles. The molecule has 0 amide bonds. The Morgan fingerprint density at radius 1 is 0.885 bits per heavy atom. The Morgan fingerprint density at radius 3 is 1.88 bits per heavy atom. The molecule has 0 fully saturated rings. The number of ether oxygens (including phenoxy) is 3. The van der Waals surface area contributed by atoms with Gasteiger partial charge in [0.1, 0.15) is 11.4 Å². The molecule has 0 bridgehead atoms. The van der Waals surface area contributed by atoms with E-state index in [1.807, 2.05) is 0 Å². The second kappa shape index (κ2) is 7.09. The van der Waals surface area contributed by atoms with Gasteiger partial charge in [0.05, 0.1) is 26.3 Å². The van der Waals surface area contributed by atoms with Crippen LogP contribution >= 0.6 is 0 Å². The third-order valence-electron chi connectivity index (χ3n) is 3.84. The second-order valence-corrected chi connectivity index (χ2v) is 5.24. The van der Waals surface area contributed by atoms with Crippen molar-refractivity contribution in [3.05, 3.63) is 46.5 Å². The van der Waals surface area contributed by atoms with E-state index in [0.717, 1.165) is 0 Å². The summed E-state index contributed by atoms with van der Waals surface area (Å²) in [5, 5.41) is 21.8. The van der Waals surface area contributed by atoms with Crippen LogP contribution in [0.4, 0.5) is 5.69 Å². The van der Waals surface area contributed by atoms with Crippen LogP contribution in [-0.4, -0.2) is 41.7 Å². The van der Waals surface area contributed by atoms with Gasteiger partial charge in [-0.2, -0.15) is 15.4 Å². The van der Waals surface area contributed by atoms with E-state index in [1.54, 1.807) is 24.3 Å². The molecule has 9 heteroatoms. The molecule has 2 aromatic carbocycles. The van der Waals surface area contributed by atoms with E-state index in [0.29, 0.717) is 39.8 Å². The summed E-state index contributed by atoms with van der Waals surface area (Å²) >= 11 is 0. The van der Waals surface area contributed by atoms with Crippen molar-refractivity contribution in [3.63, 3.8) is 0 Å². The fraction of sp³-hybridized carbons (Fsp3) is 0.176. The minimum atomic E-state index is -0.452. The average Bonchev–Trinajstić information content (AvgIpc) is 3.16. The number of hydrogen-bond acceptors (Lipinski definition) is 7. The molecule has 0 spiro atoms. The monoisotopic (exact) mass is 356 g/mol. The number of aromatic nitrogens is 3. The predicted octanol–water partition coefficient (Wildman–Crippen LogP) is 3.07. The lowest BCUT2D eigenvalue weighted by Crippen LogP contribution is -1.96. The summed E-state index contributed by atoms with van der Waals surface area (Å²) in [5.41, 5.74) is 2.49. The second-order valence-electron chi connectivity index (χ2n) is 5.24. The highest BCUT2D eigenvalue weighted by molar-refractivity contribution is 5.80. The van der Waals surface area contributed by atoms with Crippen LogP contribution in [0.5, 0.6) is 17.2 Å². The summed E-state index contributed by atoms with van der Waals surface area (Å²) in [4.78, 5) is 10.4. The van der Waals surface area contributed by atoms with Crippen molar-refractivity contribution in [2.24, 2.45) is 0 Å². The van der Waals surface area contributed by atoms with Crippen LogP contribution in [0.3, 0.4) is 0 Å². The molecule has 0 saturated heterocycles. The van der Waals surface area contributed by atoms with Crippen molar-refractivity contribution < 1.29 is 19.1 Å². The van der Waals surface area contributed by atoms with Crippen LogP contribution in [0.15, 0.2) is 36.4 Å². The van der Waals surface area contributed by atoms with Gasteiger partial charge in [0.25, 0.3) is 5.69 Å². The number of benzene rings is 2. The standard InChI is InChI=1S/C17H16N4O5/c1-24-13-8-11(9-14(25-2)17(13)26-3)16-15(18-20-19-16)10-4-6-12(7-5-10)21(22)23/h4-9H,1-3H3,(H,18,19,20). The fourth-order valence-electron chi connectivity index (χ4n) is 2.59. The highest BCUT2D eigenvalue weighted by Gasteiger charge is 2.19. The zero-order valence-electron chi connectivity index (χ0n) is 14.3. The Bertz CT molecular complexity index is 912. The predicted molar refractivity (Wildman–Crippen MR) is 93.6 cm³/mol. The molecule has 1 heterocycles. The highest BCUT2D eigenvalue weighted by atomic mass is 16.6. The van der Waals surface area contributed by atoms with Crippen molar-refractivity contribution in [1.82, 2.24) is 15.4 Å². The Labute approximate surface area is 148 Å². The smallest absolute Gasteiger partial charge is 0.269 e. The van der Waals surface area contributed by atoms with Gasteiger partial charge >= 0.3 is 0 Å². The lowest BCUT2D eigenvalue weighted by Gasteiger charge is -2.13. The largest absolute Gasteiger partial charge is 0.493 e. The molecule has 3 rings (SSSR count). The minimum absolute atomic E-state index is 0.00609. The number of nitro groups is 1. The molecule has 0 aliphatic heterocycles. The van der Waals surface area contributed by atoms with E-state index in [4.69, 9.17) is 14.2 Å². The molecule has 0 unspecified atom stereocenters. The minimum Gasteiger partial charge on any atom is -0.493 e. The van der Waals surface area contributed by atoms with Gasteiger partial charge in [0, 0.05) is 23.3 Å². The first-order chi connectivity index (χ1) is 12.6. The maximum atomic E-state index is 10.8. The Balaban J connectivity index is 2.09. The third kappa shape index (κ3) is 3.02. The molecule has 26 heavy (non-hydrogen) atoms. The van der Waals surface area contributed by atoms with Crippen LogP contribution in [0.25, 0.3) is 22.5 Å². The number of non-ortho nitro benzene ring substituents is 1. The van der Waals surface area contributed by atoms with Crippen LogP contribution in [0.2, 0.25) is 0 Å². The van der Waals surface area contributed by atoms with Crippen molar-refractivity contribution in [3.8, 4) is 39.8 Å². The fourth-order valence-corrected chi connectivity index (χ4v) is 2.59. The summed E-state index contributed by atoms with van der Waals surface area (Å²) in [6.45, 7) is 0. The molecule has 3 aromatic rings. The number of aromatic amines is 1. The zero-order valence-corrected chi connectivity index (χ0v) is 14.3. The number of methoxy groups -OCH3 is 3. The zero-order chi connectivity index (χ0) is 18.7. The van der Waals surface area contributed by atoms with E-state index in [1.165, 1.54) is 33.5 Å². The van der Waals surface area contributed by atoms with Crippen LogP contribution in [0.1, 0.15) is 0 Å². The number of H-pyrrole nitrogens is 1. The molecule has 1 N–H and O–H groups in total. The average molecular weight is 356 g/mol. The maximum absolute atomic E-state index is 10.8. The summed E-state index contributed by atoms with van der Waals surface area (Å²) in [7, 11) is 4.58. The molecular weight excluding hydrogens is 340 g/mol. The quantitative estimate of drug-likeness (QED) is 0.533. The molecule has 0 radical (unpaired) electrons. The van der Waals surface area contributed by atoms with Gasteiger partial charge in [-0.25, -0.2) is 0 Å². The van der Waals surface area contributed by atoms with Crippen molar-refractivity contribution in [2.45, 2.75) is 0 Å². The maximum Gasteiger partial charge on any atom is 0.269 e. The number of nitrogens with zero attached hydrogens (tertiary/aromatic N) is 3. The van der Waals surface area contributed by atoms with Gasteiger partial charge in [-0.15, -0.1) is 0 Å². The van der Waals surface area contributed by atoms with Gasteiger partial charge in [-0.1, -0.05) is 0 Å². The lowest BCUT2D eigenvalue weighted by molar-refractivity contribution is -0.384. The molecule has 0 saturated carbocycles. The Morgan fingerprint density at radius 2 is 1.42 bits per heavy atom. The van der Waals surface area contributed by atoms with Crippen molar-refractivity contribution in [1.29, 1.82) is 0 Å². The topological polar surface area (TPSA) is 112 Å². The van der Waals surface area contributed by atoms with Gasteiger partial charge in [-0.05, 0) is 24.3 Å². The summed E-state index contributed by atoms with van der Waals surface area (Å²) in [6.07, 6.45) is 0. The first-order valence-electron chi connectivity index (χ1n) is 7.55. The van der Waals surface area contributed by atoms with E-state index >= 15 is 0 Å². The van der Waals surface area contributed by atoms with Gasteiger partial charge < -0.3 is 14.2 Å². The van der Waals surface area contributed by atoms with Crippen LogP contribution in [0, 0.1) is 10.1 Å². The van der Waals surface area contributed by atoms with E-state index in [2.05, 4.69) is 15.4 Å². The normalized spacial score (nSPS) is 10.4. The van der Waals surface area contributed by atoms with Gasteiger partial charge in [-0.3, -0.25) is 10.1 Å². The van der Waals surface area contributed by atoms with Crippen molar-refractivity contribution in [2.75, 3.05) is 21.3 Å². The van der Waals surface area contributed by atoms with Gasteiger partial charge in [0.2, 0.25) is 5.75 Å². The molecule has 9 nitrogen and oxygen atoms in total. The first-order valence-corrected chi connectivity index (χ1v) is 7.55. The summed E-state index contributed by atoms with van der Waals surface area (Å²) < 4.78 is 16.1.